The van der Waals surface area contributed by atoms with Crippen LogP contribution < -0.4 is 10.1 Å². The number of carbonyl (C=O) groups excluding carboxylic acids is 2. The van der Waals surface area contributed by atoms with Gasteiger partial charge in [0, 0.05) is 12.6 Å². The van der Waals surface area contributed by atoms with E-state index < -0.39 is 17.8 Å². The van der Waals surface area contributed by atoms with Crippen LogP contribution in [0.3, 0.4) is 0 Å². The molecule has 0 saturated heterocycles. The highest BCUT2D eigenvalue weighted by molar-refractivity contribution is 5.88. The fraction of sp³-hybridized carbons (Fsp3) is 0.333. The first kappa shape index (κ1) is 21.3. The normalized spacial score (nSPS) is 11.8. The van der Waals surface area contributed by atoms with Crippen molar-refractivity contribution in [2.24, 2.45) is 0 Å². The number of rotatable bonds is 8. The van der Waals surface area contributed by atoms with E-state index in [1.807, 2.05) is 13.8 Å². The summed E-state index contributed by atoms with van der Waals surface area (Å²) in [5.74, 6) is -1.16. The molecule has 0 aliphatic heterocycles. The third-order valence-corrected chi connectivity index (χ3v) is 4.04. The average molecular weight is 390 g/mol. The van der Waals surface area contributed by atoms with Crippen molar-refractivity contribution in [1.82, 2.24) is 10.2 Å². The van der Waals surface area contributed by atoms with Crippen LogP contribution in [0.25, 0.3) is 0 Å². The average Bonchev–Trinajstić information content (AvgIpc) is 2.65. The predicted molar refractivity (Wildman–Crippen MR) is 102 cm³/mol. The summed E-state index contributed by atoms with van der Waals surface area (Å²) in [6.07, 6.45) is 0. The fourth-order valence-electron chi connectivity index (χ4n) is 2.53. The smallest absolute Gasteiger partial charge is 0.261 e. The first-order valence-corrected chi connectivity index (χ1v) is 8.99. The lowest BCUT2D eigenvalue weighted by Crippen LogP contribution is -2.50. The number of carbonyl (C=O) groups is 2. The van der Waals surface area contributed by atoms with Gasteiger partial charge < -0.3 is 15.0 Å². The number of benzene rings is 2. The zero-order valence-electron chi connectivity index (χ0n) is 16.1. The van der Waals surface area contributed by atoms with E-state index in [2.05, 4.69) is 5.32 Å². The summed E-state index contributed by atoms with van der Waals surface area (Å²) < 4.78 is 31.6. The van der Waals surface area contributed by atoms with Crippen molar-refractivity contribution in [3.05, 3.63) is 65.7 Å². The summed E-state index contributed by atoms with van der Waals surface area (Å²) in [4.78, 5) is 26.5. The molecule has 150 valence electrons. The van der Waals surface area contributed by atoms with Crippen molar-refractivity contribution in [3.63, 3.8) is 0 Å². The molecule has 0 saturated carbocycles. The van der Waals surface area contributed by atoms with Crippen LogP contribution in [0.4, 0.5) is 8.78 Å². The zero-order chi connectivity index (χ0) is 20.7. The largest absolute Gasteiger partial charge is 0.484 e. The van der Waals surface area contributed by atoms with E-state index >= 15 is 0 Å². The van der Waals surface area contributed by atoms with Gasteiger partial charge in [-0.05, 0) is 62.7 Å². The Kier molecular flexibility index (Phi) is 7.49. The van der Waals surface area contributed by atoms with Crippen molar-refractivity contribution in [3.8, 4) is 5.75 Å². The second-order valence-corrected chi connectivity index (χ2v) is 6.73. The topological polar surface area (TPSA) is 58.6 Å². The lowest BCUT2D eigenvalue weighted by molar-refractivity contribution is -0.142. The van der Waals surface area contributed by atoms with Gasteiger partial charge in [-0.2, -0.15) is 0 Å². The van der Waals surface area contributed by atoms with Gasteiger partial charge in [-0.15, -0.1) is 0 Å². The Bertz CT molecular complexity index is 792. The first-order chi connectivity index (χ1) is 13.3. The van der Waals surface area contributed by atoms with Gasteiger partial charge in [0.25, 0.3) is 5.91 Å². The lowest BCUT2D eigenvalue weighted by Gasteiger charge is -2.29. The molecule has 2 aromatic rings. The van der Waals surface area contributed by atoms with Gasteiger partial charge in [-0.3, -0.25) is 9.59 Å². The van der Waals surface area contributed by atoms with Crippen LogP contribution in [0.5, 0.6) is 5.75 Å². The molecular weight excluding hydrogens is 366 g/mol. The van der Waals surface area contributed by atoms with Gasteiger partial charge in [0.2, 0.25) is 5.91 Å². The lowest BCUT2D eigenvalue weighted by atomic mass is 10.1. The Morgan fingerprint density at radius 2 is 1.50 bits per heavy atom. The Hall–Kier alpha value is -2.96. The molecule has 28 heavy (non-hydrogen) atoms. The number of nitrogens with one attached hydrogen (secondary N) is 1. The van der Waals surface area contributed by atoms with Crippen LogP contribution in [-0.2, 0) is 16.1 Å². The molecular formula is C21H24F2N2O3. The van der Waals surface area contributed by atoms with E-state index in [-0.39, 0.29) is 30.9 Å². The fourth-order valence-corrected chi connectivity index (χ4v) is 2.53. The number of hydrogen-bond acceptors (Lipinski definition) is 3. The van der Waals surface area contributed by atoms with Gasteiger partial charge in [-0.25, -0.2) is 8.78 Å². The van der Waals surface area contributed by atoms with Crippen LogP contribution in [0.15, 0.2) is 48.5 Å². The molecule has 2 rings (SSSR count). The molecule has 0 unspecified atom stereocenters. The van der Waals surface area contributed by atoms with Crippen LogP contribution in [-0.4, -0.2) is 35.4 Å². The molecule has 2 aromatic carbocycles. The number of nitrogens with zero attached hydrogens (tertiary/aromatic N) is 1. The maximum atomic E-state index is 13.2. The molecule has 0 aliphatic rings. The van der Waals surface area contributed by atoms with E-state index in [1.54, 1.807) is 19.1 Å². The van der Waals surface area contributed by atoms with Gasteiger partial charge in [0.1, 0.15) is 23.4 Å². The molecule has 0 spiro atoms. The Labute approximate surface area is 163 Å². The van der Waals surface area contributed by atoms with E-state index in [9.17, 15) is 18.4 Å². The van der Waals surface area contributed by atoms with Gasteiger partial charge >= 0.3 is 0 Å². The van der Waals surface area contributed by atoms with Crippen molar-refractivity contribution >= 4 is 11.8 Å². The summed E-state index contributed by atoms with van der Waals surface area (Å²) in [5.41, 5.74) is 0.681. The Morgan fingerprint density at radius 1 is 0.964 bits per heavy atom. The third-order valence-electron chi connectivity index (χ3n) is 4.04. The molecule has 0 aromatic heterocycles. The molecule has 1 N–H and O–H groups in total. The molecule has 5 nitrogen and oxygen atoms in total. The maximum Gasteiger partial charge on any atom is 0.261 e. The molecule has 0 fully saturated rings. The summed E-state index contributed by atoms with van der Waals surface area (Å²) >= 11 is 0. The SMILES string of the molecule is CC(C)NC(=O)[C@@H](C)N(Cc1ccc(F)cc1)C(=O)COc1ccc(F)cc1. The first-order valence-electron chi connectivity index (χ1n) is 8.99. The van der Waals surface area contributed by atoms with Gasteiger partial charge in [-0.1, -0.05) is 12.1 Å². The number of amides is 2. The summed E-state index contributed by atoms with van der Waals surface area (Å²) in [6.45, 7) is 5.09. The van der Waals surface area contributed by atoms with Crippen molar-refractivity contribution in [1.29, 1.82) is 0 Å². The Morgan fingerprint density at radius 3 is 2.04 bits per heavy atom. The van der Waals surface area contributed by atoms with Crippen molar-refractivity contribution < 1.29 is 23.1 Å². The molecule has 0 radical (unpaired) electrons. The van der Waals surface area contributed by atoms with Crippen LogP contribution in [0.1, 0.15) is 26.3 Å². The molecule has 0 bridgehead atoms. The highest BCUT2D eigenvalue weighted by Crippen LogP contribution is 2.14. The van der Waals surface area contributed by atoms with Gasteiger partial charge in [0.15, 0.2) is 6.61 Å². The summed E-state index contributed by atoms with van der Waals surface area (Å²) in [7, 11) is 0. The molecule has 0 aliphatic carbocycles. The van der Waals surface area contributed by atoms with Crippen LogP contribution in [0, 0.1) is 11.6 Å². The summed E-state index contributed by atoms with van der Waals surface area (Å²) in [5, 5.41) is 2.78. The Balaban J connectivity index is 2.12. The van der Waals surface area contributed by atoms with Gasteiger partial charge in [0.05, 0.1) is 0 Å². The molecule has 7 heteroatoms. The predicted octanol–water partition coefficient (Wildman–Crippen LogP) is 3.29. The minimum absolute atomic E-state index is 0.0758. The summed E-state index contributed by atoms with van der Waals surface area (Å²) in [6, 6.07) is 10.2. The number of halogens is 2. The monoisotopic (exact) mass is 390 g/mol. The van der Waals surface area contributed by atoms with Crippen molar-refractivity contribution in [2.45, 2.75) is 39.4 Å². The highest BCUT2D eigenvalue weighted by atomic mass is 19.1. The second-order valence-electron chi connectivity index (χ2n) is 6.73. The van der Waals surface area contributed by atoms with E-state index in [0.717, 1.165) is 0 Å². The number of hydrogen-bond donors (Lipinski definition) is 1. The number of ether oxygens (including phenoxy) is 1. The van der Waals surface area contributed by atoms with Crippen LogP contribution in [0.2, 0.25) is 0 Å². The molecule has 1 atom stereocenters. The molecule has 0 heterocycles. The van der Waals surface area contributed by atoms with Crippen LogP contribution >= 0.6 is 0 Å². The highest BCUT2D eigenvalue weighted by Gasteiger charge is 2.26. The third kappa shape index (κ3) is 6.33. The van der Waals surface area contributed by atoms with E-state index in [4.69, 9.17) is 4.74 Å². The zero-order valence-corrected chi connectivity index (χ0v) is 16.1. The van der Waals surface area contributed by atoms with E-state index in [0.29, 0.717) is 11.3 Å². The van der Waals surface area contributed by atoms with Crippen molar-refractivity contribution in [2.75, 3.05) is 6.61 Å². The minimum atomic E-state index is -0.753. The second kappa shape index (κ2) is 9.82. The maximum absolute atomic E-state index is 13.2. The standard InChI is InChI=1S/C21H24F2N2O3/c1-14(2)24-21(27)15(3)25(12-16-4-6-17(22)7-5-16)20(26)13-28-19-10-8-18(23)9-11-19/h4-11,14-15H,12-13H2,1-3H3,(H,24,27)/t15-/m1/s1. The molecule has 2 amide bonds. The quantitative estimate of drug-likeness (QED) is 0.753. The van der Waals surface area contributed by atoms with E-state index in [1.165, 1.54) is 41.3 Å². The minimum Gasteiger partial charge on any atom is -0.484 e.